The first-order valence-electron chi connectivity index (χ1n) is 7.04. The van der Waals surface area contributed by atoms with E-state index in [9.17, 15) is 4.79 Å². The summed E-state index contributed by atoms with van der Waals surface area (Å²) in [6.45, 7) is 7.37. The fraction of sp³-hybridized carbons (Fsp3) is 0.769. The van der Waals surface area contributed by atoms with Gasteiger partial charge < -0.3 is 15.2 Å². The maximum absolute atomic E-state index is 12.0. The zero-order valence-corrected chi connectivity index (χ0v) is 14.2. The normalized spacial score (nSPS) is 17.8. The van der Waals surface area contributed by atoms with Crippen LogP contribution >= 0.6 is 24.8 Å². The Balaban J connectivity index is 0.00000200. The van der Waals surface area contributed by atoms with Crippen molar-refractivity contribution in [3.05, 3.63) is 12.2 Å². The van der Waals surface area contributed by atoms with E-state index < -0.39 is 0 Å². The maximum Gasteiger partial charge on any atom is 0.224 e. The number of hydrogen-bond donors (Lipinski definition) is 2. The van der Waals surface area contributed by atoms with Gasteiger partial charge in [0.1, 0.15) is 12.2 Å². The van der Waals surface area contributed by atoms with Crippen LogP contribution in [0.5, 0.6) is 0 Å². The van der Waals surface area contributed by atoms with E-state index in [4.69, 9.17) is 0 Å². The lowest BCUT2D eigenvalue weighted by Gasteiger charge is -2.22. The van der Waals surface area contributed by atoms with Gasteiger partial charge in [-0.1, -0.05) is 13.8 Å². The Kier molecular flexibility index (Phi) is 9.57. The van der Waals surface area contributed by atoms with Crippen molar-refractivity contribution in [3.8, 4) is 0 Å². The van der Waals surface area contributed by atoms with Gasteiger partial charge in [-0.25, -0.2) is 0 Å². The Morgan fingerprint density at radius 1 is 1.52 bits per heavy atom. The maximum atomic E-state index is 12.0. The van der Waals surface area contributed by atoms with Crippen LogP contribution in [0, 0.1) is 5.92 Å². The van der Waals surface area contributed by atoms with E-state index in [1.54, 1.807) is 6.33 Å². The predicted molar refractivity (Wildman–Crippen MR) is 87.2 cm³/mol. The highest BCUT2D eigenvalue weighted by molar-refractivity contribution is 5.85. The van der Waals surface area contributed by atoms with Crippen LogP contribution in [0.25, 0.3) is 0 Å². The van der Waals surface area contributed by atoms with Crippen molar-refractivity contribution in [2.45, 2.75) is 39.2 Å². The number of piperidine rings is 1. The molecule has 1 amide bonds. The molecule has 8 heteroatoms. The van der Waals surface area contributed by atoms with Crippen LogP contribution in [-0.2, 0) is 11.3 Å². The van der Waals surface area contributed by atoms with Crippen LogP contribution in [0.2, 0.25) is 0 Å². The van der Waals surface area contributed by atoms with Crippen molar-refractivity contribution < 1.29 is 4.79 Å². The summed E-state index contributed by atoms with van der Waals surface area (Å²) >= 11 is 0. The fourth-order valence-corrected chi connectivity index (χ4v) is 2.40. The van der Waals surface area contributed by atoms with Crippen LogP contribution in [0.15, 0.2) is 6.33 Å². The number of amides is 1. The molecule has 6 nitrogen and oxygen atoms in total. The number of carbonyl (C=O) groups is 1. The molecule has 0 spiro atoms. The van der Waals surface area contributed by atoms with Gasteiger partial charge in [-0.3, -0.25) is 4.79 Å². The summed E-state index contributed by atoms with van der Waals surface area (Å²) in [7, 11) is 0. The average Bonchev–Trinajstić information content (AvgIpc) is 2.88. The molecule has 122 valence electrons. The summed E-state index contributed by atoms with van der Waals surface area (Å²) < 4.78 is 2.00. The molecule has 1 atom stereocenters. The molecule has 1 aromatic heterocycles. The van der Waals surface area contributed by atoms with Gasteiger partial charge in [-0.05, 0) is 19.4 Å². The monoisotopic (exact) mass is 337 g/mol. The fourth-order valence-electron chi connectivity index (χ4n) is 2.40. The van der Waals surface area contributed by atoms with E-state index >= 15 is 0 Å². The summed E-state index contributed by atoms with van der Waals surface area (Å²) in [4.78, 5) is 12.0. The van der Waals surface area contributed by atoms with Crippen molar-refractivity contribution in [2.24, 2.45) is 5.92 Å². The molecule has 0 bridgehead atoms. The van der Waals surface area contributed by atoms with Gasteiger partial charge in [-0.2, -0.15) is 0 Å². The number of hydrogen-bond acceptors (Lipinski definition) is 4. The van der Waals surface area contributed by atoms with Crippen molar-refractivity contribution in [1.82, 2.24) is 25.4 Å². The first kappa shape index (κ1) is 20.1. The van der Waals surface area contributed by atoms with E-state index in [-0.39, 0.29) is 36.6 Å². The first-order chi connectivity index (χ1) is 9.18. The minimum absolute atomic E-state index is 0. The van der Waals surface area contributed by atoms with Crippen molar-refractivity contribution in [1.29, 1.82) is 0 Å². The predicted octanol–water partition coefficient (Wildman–Crippen LogP) is 1.36. The molecule has 1 aliphatic rings. The van der Waals surface area contributed by atoms with Crippen molar-refractivity contribution >= 4 is 30.7 Å². The topological polar surface area (TPSA) is 71.8 Å². The Hall–Kier alpha value is -0.850. The molecule has 2 rings (SSSR count). The zero-order chi connectivity index (χ0) is 13.7. The number of carbonyl (C=O) groups excluding carboxylic acids is 1. The highest BCUT2D eigenvalue weighted by atomic mass is 35.5. The van der Waals surface area contributed by atoms with Gasteiger partial charge in [0.05, 0.1) is 5.92 Å². The molecular formula is C13H25Cl2N5O. The number of nitrogens with zero attached hydrogens (tertiary/aromatic N) is 3. The van der Waals surface area contributed by atoms with Gasteiger partial charge in [0, 0.05) is 25.6 Å². The third kappa shape index (κ3) is 5.80. The molecule has 1 saturated heterocycles. The first-order valence-corrected chi connectivity index (χ1v) is 7.04. The molecule has 0 aromatic carbocycles. The van der Waals surface area contributed by atoms with Gasteiger partial charge in [0.2, 0.25) is 5.91 Å². The second-order valence-electron chi connectivity index (χ2n) is 5.37. The number of aromatic nitrogens is 3. The molecule has 0 saturated carbocycles. The Morgan fingerprint density at radius 3 is 2.90 bits per heavy atom. The van der Waals surface area contributed by atoms with Crippen LogP contribution in [0.1, 0.15) is 38.4 Å². The molecule has 0 radical (unpaired) electrons. The van der Waals surface area contributed by atoms with Crippen LogP contribution in [-0.4, -0.2) is 40.3 Å². The summed E-state index contributed by atoms with van der Waals surface area (Å²) in [5.41, 5.74) is 0. The van der Waals surface area contributed by atoms with Gasteiger partial charge in [0.15, 0.2) is 0 Å². The van der Waals surface area contributed by atoms with E-state index in [0.29, 0.717) is 12.5 Å². The summed E-state index contributed by atoms with van der Waals surface area (Å²) in [5.74, 6) is 1.60. The summed E-state index contributed by atoms with van der Waals surface area (Å²) in [5, 5.41) is 14.3. The largest absolute Gasteiger partial charge is 0.354 e. The number of nitrogens with one attached hydrogen (secondary N) is 2. The molecule has 1 unspecified atom stereocenters. The standard InChI is InChI=1S/C13H23N5O.2ClH/c1-10(2)12-17-16-9-18(12)7-6-15-13(19)11-4-3-5-14-8-11;;/h9-11,14H,3-8H2,1-2H3,(H,15,19);2*1H. The number of rotatable bonds is 5. The second kappa shape index (κ2) is 9.97. The molecule has 1 fully saturated rings. The molecule has 21 heavy (non-hydrogen) atoms. The second-order valence-corrected chi connectivity index (χ2v) is 5.37. The van der Waals surface area contributed by atoms with Gasteiger partial charge in [0.25, 0.3) is 0 Å². The molecule has 2 N–H and O–H groups in total. The minimum atomic E-state index is 0. The van der Waals surface area contributed by atoms with Crippen molar-refractivity contribution in [3.63, 3.8) is 0 Å². The lowest BCUT2D eigenvalue weighted by Crippen LogP contribution is -2.41. The van der Waals surface area contributed by atoms with Crippen LogP contribution in [0.3, 0.4) is 0 Å². The lowest BCUT2D eigenvalue weighted by molar-refractivity contribution is -0.125. The summed E-state index contributed by atoms with van der Waals surface area (Å²) in [6.07, 6.45) is 3.80. The van der Waals surface area contributed by atoms with E-state index in [1.165, 1.54) is 0 Å². The highest BCUT2D eigenvalue weighted by Crippen LogP contribution is 2.11. The highest BCUT2D eigenvalue weighted by Gasteiger charge is 2.20. The molecule has 2 heterocycles. The summed E-state index contributed by atoms with van der Waals surface area (Å²) in [6, 6.07) is 0. The van der Waals surface area contributed by atoms with Gasteiger partial charge >= 0.3 is 0 Å². The zero-order valence-electron chi connectivity index (χ0n) is 12.5. The molecule has 1 aliphatic heterocycles. The van der Waals surface area contributed by atoms with E-state index in [2.05, 4.69) is 34.7 Å². The Labute approximate surface area is 138 Å². The average molecular weight is 338 g/mol. The number of halogens is 2. The smallest absolute Gasteiger partial charge is 0.224 e. The van der Waals surface area contributed by atoms with Crippen LogP contribution < -0.4 is 10.6 Å². The van der Waals surface area contributed by atoms with Crippen LogP contribution in [0.4, 0.5) is 0 Å². The Bertz CT molecular complexity index is 418. The van der Waals surface area contributed by atoms with Crippen molar-refractivity contribution in [2.75, 3.05) is 19.6 Å². The molecular weight excluding hydrogens is 313 g/mol. The minimum Gasteiger partial charge on any atom is -0.354 e. The lowest BCUT2D eigenvalue weighted by atomic mass is 9.99. The van der Waals surface area contributed by atoms with E-state index in [0.717, 1.165) is 38.3 Å². The third-order valence-electron chi connectivity index (χ3n) is 3.48. The molecule has 1 aromatic rings. The van der Waals surface area contributed by atoms with E-state index in [1.807, 2.05) is 4.57 Å². The SMILES string of the molecule is CC(C)c1nncn1CCNC(=O)C1CCCNC1.Cl.Cl. The van der Waals surface area contributed by atoms with Gasteiger partial charge in [-0.15, -0.1) is 35.0 Å². The Morgan fingerprint density at radius 2 is 2.29 bits per heavy atom. The third-order valence-corrected chi connectivity index (χ3v) is 3.48. The molecule has 0 aliphatic carbocycles. The quantitative estimate of drug-likeness (QED) is 0.850.